The van der Waals surface area contributed by atoms with Crippen molar-refractivity contribution in [1.82, 2.24) is 8.61 Å². The van der Waals surface area contributed by atoms with E-state index in [0.717, 1.165) is 61.2 Å². The molecule has 2 aromatic heterocycles. The molecule has 2 aliphatic heterocycles. The zero-order valence-electron chi connectivity index (χ0n) is 25.8. The van der Waals surface area contributed by atoms with Crippen LogP contribution >= 0.6 is 0 Å². The fourth-order valence-corrected chi connectivity index (χ4v) is 10.0. The topological polar surface area (TPSA) is 101 Å². The van der Waals surface area contributed by atoms with Crippen LogP contribution in [0.1, 0.15) is 87.1 Å². The highest BCUT2D eigenvalue weighted by Crippen LogP contribution is 2.40. The van der Waals surface area contributed by atoms with E-state index >= 15 is 0 Å². The van der Waals surface area contributed by atoms with Crippen LogP contribution in [-0.4, -0.2) is 37.5 Å². The van der Waals surface area contributed by atoms with Crippen molar-refractivity contribution in [2.75, 3.05) is 0 Å². The van der Waals surface area contributed by atoms with Crippen molar-refractivity contribution in [3.63, 3.8) is 0 Å². The van der Waals surface area contributed by atoms with Crippen molar-refractivity contribution in [3.8, 4) is 0 Å². The van der Waals surface area contributed by atoms with Crippen LogP contribution in [0.5, 0.6) is 0 Å². The molecule has 4 aromatic rings. The van der Waals surface area contributed by atoms with Gasteiger partial charge in [0.25, 0.3) is 0 Å². The third-order valence-electron chi connectivity index (χ3n) is 8.62. The molecule has 0 unspecified atom stereocenters. The average Bonchev–Trinajstić information content (AvgIpc) is 3.73. The summed E-state index contributed by atoms with van der Waals surface area (Å²) in [6, 6.07) is 20.9. The third kappa shape index (κ3) is 6.73. The number of hydrogen-bond donors (Lipinski definition) is 0. The lowest BCUT2D eigenvalue weighted by atomic mass is 9.98. The van der Waals surface area contributed by atoms with Crippen LogP contribution in [-0.2, 0) is 20.0 Å². The van der Waals surface area contributed by atoms with Crippen molar-refractivity contribution in [3.05, 3.63) is 108 Å². The predicted octanol–water partition coefficient (Wildman–Crippen LogP) is 7.78. The van der Waals surface area contributed by atoms with Gasteiger partial charge in [0.05, 0.1) is 34.4 Å². The van der Waals surface area contributed by atoms with Gasteiger partial charge in [-0.1, -0.05) is 35.4 Å². The molecule has 0 saturated carbocycles. The molecule has 2 saturated heterocycles. The molecule has 4 heterocycles. The van der Waals surface area contributed by atoms with Crippen LogP contribution < -0.4 is 0 Å². The normalized spacial score (nSPS) is 23.5. The van der Waals surface area contributed by atoms with E-state index in [1.54, 1.807) is 45.4 Å². The first-order chi connectivity index (χ1) is 21.0. The Hall–Kier alpha value is -3.18. The molecule has 236 valence electrons. The summed E-state index contributed by atoms with van der Waals surface area (Å²) in [5, 5.41) is 0. The first-order valence-corrected chi connectivity index (χ1v) is 18.2. The lowest BCUT2D eigenvalue weighted by molar-refractivity contribution is 0.171. The first kappa shape index (κ1) is 32.2. The van der Waals surface area contributed by atoms with Gasteiger partial charge in [-0.2, -0.15) is 8.61 Å². The SMILES string of the molecule is Cc1ccc(S(=O)(=O)N2[C@H](C)CCC[C@@H]2c2ccco2)cc1.Cc1ccc(S(=O)(=O)N2[C@H](C)CCC[C@@H]2c2ccco2)cc1. The van der Waals surface area contributed by atoms with E-state index in [9.17, 15) is 16.8 Å². The fraction of sp³-hybridized carbons (Fsp3) is 0.412. The standard InChI is InChI=1S/2C17H21NO3S/c2*1-13-8-10-15(11-9-13)22(19,20)18-14(2)5-3-6-16(18)17-7-4-12-21-17/h2*4,7-12,14,16H,3,5-6H2,1-2H3/t2*14-,16-/m11/s1. The van der Waals surface area contributed by atoms with Crippen LogP contribution in [0.15, 0.2) is 104 Å². The van der Waals surface area contributed by atoms with Gasteiger partial charge in [0.2, 0.25) is 20.0 Å². The van der Waals surface area contributed by atoms with Gasteiger partial charge in [0.15, 0.2) is 0 Å². The second-order valence-electron chi connectivity index (χ2n) is 11.9. The van der Waals surface area contributed by atoms with E-state index in [1.165, 1.54) is 0 Å². The summed E-state index contributed by atoms with van der Waals surface area (Å²) in [5.41, 5.74) is 2.10. The summed E-state index contributed by atoms with van der Waals surface area (Å²) in [6.45, 7) is 7.85. The van der Waals surface area contributed by atoms with Crippen molar-refractivity contribution in [2.45, 2.75) is 100 Å². The Bertz CT molecular complexity index is 1570. The Kier molecular flexibility index (Phi) is 9.84. The minimum absolute atomic E-state index is 0.0323. The Labute approximate surface area is 261 Å². The van der Waals surface area contributed by atoms with Gasteiger partial charge in [0, 0.05) is 12.1 Å². The quantitative estimate of drug-likeness (QED) is 0.214. The summed E-state index contributed by atoms with van der Waals surface area (Å²) < 4.78 is 66.6. The van der Waals surface area contributed by atoms with E-state index in [4.69, 9.17) is 8.83 Å². The van der Waals surface area contributed by atoms with Crippen LogP contribution in [0, 0.1) is 13.8 Å². The molecule has 2 fully saturated rings. The monoisotopic (exact) mass is 638 g/mol. The number of nitrogens with zero attached hydrogens (tertiary/aromatic N) is 2. The van der Waals surface area contributed by atoms with Gasteiger partial charge in [-0.15, -0.1) is 0 Å². The number of sulfonamides is 2. The lowest BCUT2D eigenvalue weighted by Gasteiger charge is -2.38. The molecule has 2 aliphatic rings. The molecule has 6 rings (SSSR count). The molecule has 0 spiro atoms. The van der Waals surface area contributed by atoms with Gasteiger partial charge in [-0.25, -0.2) is 16.8 Å². The van der Waals surface area contributed by atoms with Gasteiger partial charge in [-0.05, 0) is 115 Å². The molecule has 4 atom stereocenters. The molecule has 0 aliphatic carbocycles. The van der Waals surface area contributed by atoms with Gasteiger partial charge < -0.3 is 8.83 Å². The third-order valence-corrected chi connectivity index (χ3v) is 12.7. The number of rotatable bonds is 6. The number of hydrogen-bond acceptors (Lipinski definition) is 6. The second-order valence-corrected chi connectivity index (χ2v) is 15.6. The summed E-state index contributed by atoms with van der Waals surface area (Å²) in [7, 11) is -7.06. The number of aryl methyl sites for hydroxylation is 2. The summed E-state index contributed by atoms with van der Waals surface area (Å²) in [4.78, 5) is 0.701. The highest BCUT2D eigenvalue weighted by molar-refractivity contribution is 7.89. The van der Waals surface area contributed by atoms with Gasteiger partial charge >= 0.3 is 0 Å². The molecule has 2 aromatic carbocycles. The number of furan rings is 2. The molecule has 0 bridgehead atoms. The highest BCUT2D eigenvalue weighted by Gasteiger charge is 2.41. The van der Waals surface area contributed by atoms with Crippen molar-refractivity contribution in [1.29, 1.82) is 0 Å². The van der Waals surface area contributed by atoms with E-state index in [1.807, 2.05) is 76.2 Å². The van der Waals surface area contributed by atoms with Crippen LogP contribution in [0.2, 0.25) is 0 Å². The maximum atomic E-state index is 13.1. The molecule has 0 N–H and O–H groups in total. The minimum Gasteiger partial charge on any atom is -0.468 e. The maximum absolute atomic E-state index is 13.1. The molecular weight excluding hydrogens is 597 g/mol. The van der Waals surface area contributed by atoms with Crippen molar-refractivity contribution < 1.29 is 25.7 Å². The molecule has 8 nitrogen and oxygen atoms in total. The van der Waals surface area contributed by atoms with Gasteiger partial charge in [0.1, 0.15) is 11.5 Å². The highest BCUT2D eigenvalue weighted by atomic mass is 32.2. The van der Waals surface area contributed by atoms with Crippen LogP contribution in [0.3, 0.4) is 0 Å². The molecule has 10 heteroatoms. The molecule has 0 amide bonds. The van der Waals surface area contributed by atoms with E-state index in [0.29, 0.717) is 9.79 Å². The summed E-state index contributed by atoms with van der Waals surface area (Å²) >= 11 is 0. The summed E-state index contributed by atoms with van der Waals surface area (Å²) in [5.74, 6) is 1.45. The largest absolute Gasteiger partial charge is 0.468 e. The molecule has 0 radical (unpaired) electrons. The van der Waals surface area contributed by atoms with Crippen molar-refractivity contribution in [2.24, 2.45) is 0 Å². The zero-order valence-corrected chi connectivity index (χ0v) is 27.4. The minimum atomic E-state index is -3.53. The fourth-order valence-electron chi connectivity index (χ4n) is 6.31. The van der Waals surface area contributed by atoms with Gasteiger partial charge in [-0.3, -0.25) is 0 Å². The number of benzene rings is 2. The van der Waals surface area contributed by atoms with Crippen molar-refractivity contribution >= 4 is 20.0 Å². The molecular formula is C34H42N2O6S2. The lowest BCUT2D eigenvalue weighted by Crippen LogP contribution is -2.44. The van der Waals surface area contributed by atoms with Crippen LogP contribution in [0.4, 0.5) is 0 Å². The Morgan fingerprint density at radius 2 is 0.932 bits per heavy atom. The zero-order chi connectivity index (χ0) is 31.5. The molecule has 44 heavy (non-hydrogen) atoms. The van der Waals surface area contributed by atoms with E-state index in [2.05, 4.69) is 0 Å². The smallest absolute Gasteiger partial charge is 0.243 e. The Morgan fingerprint density at radius 3 is 1.25 bits per heavy atom. The van der Waals surface area contributed by atoms with E-state index in [-0.39, 0.29) is 24.2 Å². The second kappa shape index (κ2) is 13.4. The maximum Gasteiger partial charge on any atom is 0.243 e. The van der Waals surface area contributed by atoms with Crippen LogP contribution in [0.25, 0.3) is 0 Å². The number of piperidine rings is 2. The summed E-state index contributed by atoms with van der Waals surface area (Å²) in [6.07, 6.45) is 8.56. The van der Waals surface area contributed by atoms with E-state index < -0.39 is 20.0 Å². The Balaban J connectivity index is 0.000000175. The Morgan fingerprint density at radius 1 is 0.568 bits per heavy atom. The predicted molar refractivity (Wildman–Crippen MR) is 170 cm³/mol. The first-order valence-electron chi connectivity index (χ1n) is 15.3. The average molecular weight is 639 g/mol.